The van der Waals surface area contributed by atoms with Crippen molar-refractivity contribution in [3.05, 3.63) is 90.5 Å². The minimum absolute atomic E-state index is 0.292. The number of benzene rings is 3. The Labute approximate surface area is 149 Å². The van der Waals surface area contributed by atoms with Crippen LogP contribution in [0.3, 0.4) is 0 Å². The Morgan fingerprint density at radius 2 is 1.46 bits per heavy atom. The number of ether oxygens (including phenoxy) is 1. The van der Waals surface area contributed by atoms with Gasteiger partial charge in [0.2, 0.25) is 5.82 Å². The standard InChI is InChI=1S/C21H14N2O3/c24-21(16-11-5-2-6-12-16)25-18-14-8-7-13-17(18)20-22-19(23-26-20)15-9-3-1-4-10-15/h1-14H. The van der Waals surface area contributed by atoms with Crippen LogP contribution in [-0.4, -0.2) is 16.1 Å². The number of nitrogens with zero attached hydrogens (tertiary/aromatic N) is 2. The van der Waals surface area contributed by atoms with Crippen molar-refractivity contribution >= 4 is 5.97 Å². The van der Waals surface area contributed by atoms with Crippen molar-refractivity contribution in [1.82, 2.24) is 10.1 Å². The van der Waals surface area contributed by atoms with E-state index < -0.39 is 5.97 Å². The lowest BCUT2D eigenvalue weighted by atomic mass is 10.2. The maximum Gasteiger partial charge on any atom is 0.343 e. The molecule has 4 aromatic rings. The van der Waals surface area contributed by atoms with Gasteiger partial charge in [0.05, 0.1) is 11.1 Å². The molecular weight excluding hydrogens is 328 g/mol. The van der Waals surface area contributed by atoms with E-state index >= 15 is 0 Å². The summed E-state index contributed by atoms with van der Waals surface area (Å²) >= 11 is 0. The monoisotopic (exact) mass is 342 g/mol. The molecule has 126 valence electrons. The van der Waals surface area contributed by atoms with Crippen LogP contribution in [0.4, 0.5) is 0 Å². The van der Waals surface area contributed by atoms with Crippen molar-refractivity contribution in [2.75, 3.05) is 0 Å². The number of carbonyl (C=O) groups is 1. The first-order valence-corrected chi connectivity index (χ1v) is 8.07. The molecule has 1 heterocycles. The van der Waals surface area contributed by atoms with Gasteiger partial charge in [0.25, 0.3) is 5.89 Å². The largest absolute Gasteiger partial charge is 0.422 e. The van der Waals surface area contributed by atoms with Crippen LogP contribution in [0, 0.1) is 0 Å². The van der Waals surface area contributed by atoms with E-state index in [-0.39, 0.29) is 0 Å². The van der Waals surface area contributed by atoms with Crippen LogP contribution in [0.25, 0.3) is 22.8 Å². The molecular formula is C21H14N2O3. The van der Waals surface area contributed by atoms with Gasteiger partial charge in [-0.2, -0.15) is 4.98 Å². The zero-order valence-corrected chi connectivity index (χ0v) is 13.7. The molecule has 0 amide bonds. The van der Waals surface area contributed by atoms with Crippen LogP contribution in [-0.2, 0) is 0 Å². The van der Waals surface area contributed by atoms with E-state index in [2.05, 4.69) is 10.1 Å². The molecule has 0 aliphatic heterocycles. The molecule has 0 saturated heterocycles. The van der Waals surface area contributed by atoms with Gasteiger partial charge in [-0.1, -0.05) is 65.8 Å². The molecule has 0 fully saturated rings. The average Bonchev–Trinajstić information content (AvgIpc) is 3.20. The first kappa shape index (κ1) is 15.8. The maximum atomic E-state index is 12.3. The molecule has 0 radical (unpaired) electrons. The fraction of sp³-hybridized carbons (Fsp3) is 0. The fourth-order valence-corrected chi connectivity index (χ4v) is 2.50. The smallest absolute Gasteiger partial charge is 0.343 e. The highest BCUT2D eigenvalue weighted by Crippen LogP contribution is 2.30. The fourth-order valence-electron chi connectivity index (χ4n) is 2.50. The highest BCUT2D eigenvalue weighted by Gasteiger charge is 2.17. The normalized spacial score (nSPS) is 10.5. The van der Waals surface area contributed by atoms with E-state index in [1.807, 2.05) is 42.5 Å². The molecule has 1 aromatic heterocycles. The van der Waals surface area contributed by atoms with Crippen LogP contribution in [0.1, 0.15) is 10.4 Å². The van der Waals surface area contributed by atoms with Crippen LogP contribution in [0.15, 0.2) is 89.5 Å². The first-order valence-electron chi connectivity index (χ1n) is 8.07. The summed E-state index contributed by atoms with van der Waals surface area (Å²) < 4.78 is 10.9. The second-order valence-electron chi connectivity index (χ2n) is 5.54. The topological polar surface area (TPSA) is 65.2 Å². The van der Waals surface area contributed by atoms with Gasteiger partial charge >= 0.3 is 5.97 Å². The van der Waals surface area contributed by atoms with Gasteiger partial charge in [-0.05, 0) is 24.3 Å². The van der Waals surface area contributed by atoms with Crippen molar-refractivity contribution in [1.29, 1.82) is 0 Å². The molecule has 0 unspecified atom stereocenters. The Bertz CT molecular complexity index is 1030. The van der Waals surface area contributed by atoms with E-state index in [9.17, 15) is 4.79 Å². The Morgan fingerprint density at radius 1 is 0.808 bits per heavy atom. The third-order valence-electron chi connectivity index (χ3n) is 3.79. The third-order valence-corrected chi connectivity index (χ3v) is 3.79. The average molecular weight is 342 g/mol. The molecule has 5 heteroatoms. The maximum absolute atomic E-state index is 12.3. The van der Waals surface area contributed by atoms with Crippen LogP contribution in [0.2, 0.25) is 0 Å². The van der Waals surface area contributed by atoms with Crippen LogP contribution >= 0.6 is 0 Å². The molecule has 0 N–H and O–H groups in total. The van der Waals surface area contributed by atoms with E-state index in [0.717, 1.165) is 5.56 Å². The van der Waals surface area contributed by atoms with Gasteiger partial charge in [0, 0.05) is 5.56 Å². The highest BCUT2D eigenvalue weighted by atomic mass is 16.5. The molecule has 3 aromatic carbocycles. The minimum atomic E-state index is -0.444. The van der Waals surface area contributed by atoms with Crippen molar-refractivity contribution in [2.24, 2.45) is 0 Å². The number of esters is 1. The Balaban J connectivity index is 1.64. The second-order valence-corrected chi connectivity index (χ2v) is 5.54. The summed E-state index contributed by atoms with van der Waals surface area (Å²) in [5.41, 5.74) is 1.88. The van der Waals surface area contributed by atoms with Gasteiger partial charge in [-0.15, -0.1) is 0 Å². The van der Waals surface area contributed by atoms with Crippen LogP contribution < -0.4 is 4.74 Å². The summed E-state index contributed by atoms with van der Waals surface area (Å²) in [7, 11) is 0. The molecule has 0 aliphatic carbocycles. The zero-order valence-electron chi connectivity index (χ0n) is 13.7. The minimum Gasteiger partial charge on any atom is -0.422 e. The lowest BCUT2D eigenvalue weighted by Crippen LogP contribution is -2.08. The summed E-state index contributed by atoms with van der Waals surface area (Å²) in [6.07, 6.45) is 0. The molecule has 0 saturated carbocycles. The predicted octanol–water partition coefficient (Wildman–Crippen LogP) is 4.62. The number of aromatic nitrogens is 2. The molecule has 5 nitrogen and oxygen atoms in total. The number of carbonyl (C=O) groups excluding carboxylic acids is 1. The lowest BCUT2D eigenvalue weighted by molar-refractivity contribution is 0.0735. The summed E-state index contributed by atoms with van der Waals surface area (Å²) in [4.78, 5) is 16.8. The van der Waals surface area contributed by atoms with E-state index in [0.29, 0.717) is 28.6 Å². The highest BCUT2D eigenvalue weighted by molar-refractivity contribution is 5.91. The molecule has 4 rings (SSSR count). The molecule has 0 spiro atoms. The molecule has 0 bridgehead atoms. The molecule has 26 heavy (non-hydrogen) atoms. The van der Waals surface area contributed by atoms with E-state index in [1.54, 1.807) is 42.5 Å². The second kappa shape index (κ2) is 7.03. The van der Waals surface area contributed by atoms with Crippen molar-refractivity contribution < 1.29 is 14.1 Å². The number of para-hydroxylation sites is 1. The molecule has 0 atom stereocenters. The molecule has 0 aliphatic rings. The van der Waals surface area contributed by atoms with E-state index in [1.165, 1.54) is 0 Å². The summed E-state index contributed by atoms with van der Waals surface area (Å²) in [6.45, 7) is 0. The van der Waals surface area contributed by atoms with Gasteiger partial charge in [0.1, 0.15) is 5.75 Å². The Morgan fingerprint density at radius 3 is 2.23 bits per heavy atom. The Hall–Kier alpha value is -3.73. The Kier molecular flexibility index (Phi) is 4.26. The number of hydrogen-bond donors (Lipinski definition) is 0. The van der Waals surface area contributed by atoms with Crippen molar-refractivity contribution in [3.8, 4) is 28.6 Å². The first-order chi connectivity index (χ1) is 12.8. The predicted molar refractivity (Wildman–Crippen MR) is 96.6 cm³/mol. The van der Waals surface area contributed by atoms with Gasteiger partial charge < -0.3 is 9.26 Å². The SMILES string of the molecule is O=C(Oc1ccccc1-c1nc(-c2ccccc2)no1)c1ccccc1. The summed E-state index contributed by atoms with van der Waals surface area (Å²) in [6, 6.07) is 25.4. The summed E-state index contributed by atoms with van der Waals surface area (Å²) in [5, 5.41) is 4.01. The van der Waals surface area contributed by atoms with Gasteiger partial charge in [-0.3, -0.25) is 0 Å². The lowest BCUT2D eigenvalue weighted by Gasteiger charge is -2.07. The third kappa shape index (κ3) is 3.23. The van der Waals surface area contributed by atoms with Gasteiger partial charge in [-0.25, -0.2) is 4.79 Å². The van der Waals surface area contributed by atoms with Crippen LogP contribution in [0.5, 0.6) is 5.75 Å². The summed E-state index contributed by atoms with van der Waals surface area (Å²) in [5.74, 6) is 0.690. The number of rotatable bonds is 4. The zero-order chi connectivity index (χ0) is 17.8. The van der Waals surface area contributed by atoms with Crippen molar-refractivity contribution in [2.45, 2.75) is 0 Å². The van der Waals surface area contributed by atoms with Crippen molar-refractivity contribution in [3.63, 3.8) is 0 Å². The van der Waals surface area contributed by atoms with Gasteiger partial charge in [0.15, 0.2) is 0 Å². The quantitative estimate of drug-likeness (QED) is 0.400. The number of hydrogen-bond acceptors (Lipinski definition) is 5. The van der Waals surface area contributed by atoms with E-state index in [4.69, 9.17) is 9.26 Å².